The van der Waals surface area contributed by atoms with Crippen LogP contribution in [-0.4, -0.2) is 31.1 Å². The van der Waals surface area contributed by atoms with E-state index in [0.717, 1.165) is 12.8 Å². The van der Waals surface area contributed by atoms with Gasteiger partial charge in [-0.15, -0.1) is 5.10 Å². The van der Waals surface area contributed by atoms with Gasteiger partial charge in [-0.1, -0.05) is 17.3 Å². The summed E-state index contributed by atoms with van der Waals surface area (Å²) in [6.45, 7) is 0.553. The van der Waals surface area contributed by atoms with E-state index in [0.29, 0.717) is 41.3 Å². The standard InChI is InChI=1S/C19H21FN6O2/c20-15-7-2-1-6-14(15)16-10-12(18(22)23-16)9-13(21)5-3-4-8-26-11-17(19(27)28)24-25-26/h1-2,6-7,9-11,23H,3-5,8,21-22H2,(H,27,28)/b13-9-. The van der Waals surface area contributed by atoms with E-state index < -0.39 is 5.97 Å². The number of unbranched alkanes of at least 4 members (excludes halogenated alkanes) is 1. The monoisotopic (exact) mass is 384 g/mol. The predicted octanol–water partition coefficient (Wildman–Crippen LogP) is 2.86. The molecule has 0 unspecified atom stereocenters. The number of aromatic nitrogens is 4. The highest BCUT2D eigenvalue weighted by Gasteiger charge is 2.10. The van der Waals surface area contributed by atoms with E-state index in [1.807, 2.05) is 0 Å². The first-order valence-corrected chi connectivity index (χ1v) is 8.77. The molecule has 146 valence electrons. The quantitative estimate of drug-likeness (QED) is 0.441. The Morgan fingerprint density at radius 3 is 2.82 bits per heavy atom. The molecule has 6 N–H and O–H groups in total. The fourth-order valence-corrected chi connectivity index (χ4v) is 2.81. The molecule has 0 atom stereocenters. The van der Waals surface area contributed by atoms with Gasteiger partial charge >= 0.3 is 5.97 Å². The van der Waals surface area contributed by atoms with Crippen molar-refractivity contribution in [3.05, 3.63) is 59.3 Å². The van der Waals surface area contributed by atoms with Crippen molar-refractivity contribution in [1.29, 1.82) is 0 Å². The van der Waals surface area contributed by atoms with Crippen LogP contribution in [0.25, 0.3) is 17.3 Å². The van der Waals surface area contributed by atoms with E-state index in [-0.39, 0.29) is 11.5 Å². The molecular weight excluding hydrogens is 363 g/mol. The fourth-order valence-electron chi connectivity index (χ4n) is 2.81. The SMILES string of the molecule is N/C(=C\c1cc(-c2ccccc2F)[nH]c1N)CCCCn1cc(C(=O)O)nn1. The molecule has 8 nitrogen and oxygen atoms in total. The lowest BCUT2D eigenvalue weighted by Crippen LogP contribution is -2.01. The molecule has 0 fully saturated rings. The van der Waals surface area contributed by atoms with Crippen LogP contribution in [0.3, 0.4) is 0 Å². The number of H-pyrrole nitrogens is 1. The highest BCUT2D eigenvalue weighted by atomic mass is 19.1. The minimum atomic E-state index is -1.10. The van der Waals surface area contributed by atoms with Gasteiger partial charge in [0.2, 0.25) is 0 Å². The Labute approximate surface area is 160 Å². The number of aryl methyl sites for hydroxylation is 1. The van der Waals surface area contributed by atoms with E-state index in [4.69, 9.17) is 16.6 Å². The van der Waals surface area contributed by atoms with Gasteiger partial charge in [0.05, 0.1) is 11.9 Å². The zero-order valence-electron chi connectivity index (χ0n) is 15.1. The molecule has 0 amide bonds. The summed E-state index contributed by atoms with van der Waals surface area (Å²) >= 11 is 0. The molecule has 0 aliphatic heterocycles. The lowest BCUT2D eigenvalue weighted by atomic mass is 10.1. The van der Waals surface area contributed by atoms with Crippen molar-refractivity contribution in [2.75, 3.05) is 5.73 Å². The Morgan fingerprint density at radius 1 is 1.32 bits per heavy atom. The number of nitrogen functional groups attached to an aromatic ring is 1. The van der Waals surface area contributed by atoms with Crippen LogP contribution >= 0.6 is 0 Å². The van der Waals surface area contributed by atoms with Crippen LogP contribution < -0.4 is 11.5 Å². The zero-order chi connectivity index (χ0) is 20.1. The molecule has 0 saturated carbocycles. The Balaban J connectivity index is 1.56. The number of benzene rings is 1. The Morgan fingerprint density at radius 2 is 2.11 bits per heavy atom. The summed E-state index contributed by atoms with van der Waals surface area (Å²) < 4.78 is 15.4. The number of aromatic amines is 1. The maximum atomic E-state index is 13.9. The molecule has 9 heteroatoms. The maximum Gasteiger partial charge on any atom is 0.358 e. The van der Waals surface area contributed by atoms with Gasteiger partial charge in [-0.25, -0.2) is 9.18 Å². The number of nitrogens with two attached hydrogens (primary N) is 2. The number of nitrogens with zero attached hydrogens (tertiary/aromatic N) is 3. The summed E-state index contributed by atoms with van der Waals surface area (Å²) in [4.78, 5) is 13.8. The average Bonchev–Trinajstić information content (AvgIpc) is 3.27. The van der Waals surface area contributed by atoms with Crippen LogP contribution in [0.1, 0.15) is 35.3 Å². The molecule has 0 aliphatic rings. The van der Waals surface area contributed by atoms with Gasteiger partial charge in [0.1, 0.15) is 11.6 Å². The summed E-state index contributed by atoms with van der Waals surface area (Å²) in [5, 5.41) is 16.1. The molecule has 0 radical (unpaired) electrons. The highest BCUT2D eigenvalue weighted by molar-refractivity contribution is 5.84. The maximum absolute atomic E-state index is 13.9. The summed E-state index contributed by atoms with van der Waals surface area (Å²) in [5.74, 6) is -1.01. The van der Waals surface area contributed by atoms with Gasteiger partial charge in [-0.2, -0.15) is 0 Å². The van der Waals surface area contributed by atoms with Gasteiger partial charge in [0.25, 0.3) is 0 Å². The first-order valence-electron chi connectivity index (χ1n) is 8.77. The molecule has 2 heterocycles. The largest absolute Gasteiger partial charge is 0.476 e. The number of carboxylic acids is 1. The van der Waals surface area contributed by atoms with Crippen molar-refractivity contribution >= 4 is 17.9 Å². The molecule has 0 aliphatic carbocycles. The number of hydrogen-bond acceptors (Lipinski definition) is 5. The normalized spacial score (nSPS) is 11.7. The second-order valence-corrected chi connectivity index (χ2v) is 6.38. The van der Waals surface area contributed by atoms with E-state index in [1.165, 1.54) is 16.9 Å². The molecule has 0 saturated heterocycles. The molecule has 0 spiro atoms. The first-order chi connectivity index (χ1) is 13.4. The summed E-state index contributed by atoms with van der Waals surface area (Å²) in [7, 11) is 0. The molecular formula is C19H21FN6O2. The third kappa shape index (κ3) is 4.56. The second kappa shape index (κ2) is 8.38. The number of carbonyl (C=O) groups is 1. The van der Waals surface area contributed by atoms with Crippen molar-refractivity contribution < 1.29 is 14.3 Å². The summed E-state index contributed by atoms with van der Waals surface area (Å²) in [6.07, 6.45) is 5.36. The third-order valence-electron chi connectivity index (χ3n) is 4.25. The summed E-state index contributed by atoms with van der Waals surface area (Å²) in [5.41, 5.74) is 14.4. The van der Waals surface area contributed by atoms with E-state index in [1.54, 1.807) is 30.3 Å². The van der Waals surface area contributed by atoms with Crippen LogP contribution in [0.5, 0.6) is 0 Å². The number of anilines is 1. The van der Waals surface area contributed by atoms with Crippen molar-refractivity contribution in [3.63, 3.8) is 0 Å². The Bertz CT molecular complexity index is 1010. The smallest absolute Gasteiger partial charge is 0.358 e. The molecule has 28 heavy (non-hydrogen) atoms. The van der Waals surface area contributed by atoms with Crippen molar-refractivity contribution in [2.45, 2.75) is 25.8 Å². The minimum absolute atomic E-state index is 0.0759. The van der Waals surface area contributed by atoms with Crippen LogP contribution in [0.2, 0.25) is 0 Å². The number of halogens is 1. The number of carboxylic acid groups (broad SMARTS) is 1. The van der Waals surface area contributed by atoms with Crippen LogP contribution in [0, 0.1) is 5.82 Å². The van der Waals surface area contributed by atoms with Crippen LogP contribution in [0.4, 0.5) is 10.2 Å². The van der Waals surface area contributed by atoms with E-state index >= 15 is 0 Å². The molecule has 2 aromatic heterocycles. The third-order valence-corrected chi connectivity index (χ3v) is 4.25. The topological polar surface area (TPSA) is 136 Å². The lowest BCUT2D eigenvalue weighted by molar-refractivity contribution is 0.0690. The van der Waals surface area contributed by atoms with Crippen LogP contribution in [0.15, 0.2) is 42.2 Å². The van der Waals surface area contributed by atoms with Gasteiger partial charge in [-0.05, 0) is 43.5 Å². The molecule has 3 aromatic rings. The Hall–Kier alpha value is -3.62. The summed E-state index contributed by atoms with van der Waals surface area (Å²) in [6, 6.07) is 8.23. The van der Waals surface area contributed by atoms with Gasteiger partial charge < -0.3 is 21.6 Å². The number of aromatic carboxylic acids is 1. The molecule has 3 rings (SSSR count). The number of allylic oxidation sites excluding steroid dienone is 1. The van der Waals surface area contributed by atoms with Crippen molar-refractivity contribution in [2.24, 2.45) is 5.73 Å². The minimum Gasteiger partial charge on any atom is -0.476 e. The van der Waals surface area contributed by atoms with Crippen molar-refractivity contribution in [1.82, 2.24) is 20.0 Å². The van der Waals surface area contributed by atoms with Gasteiger partial charge in [-0.3, -0.25) is 4.68 Å². The van der Waals surface area contributed by atoms with Crippen LogP contribution in [-0.2, 0) is 6.54 Å². The second-order valence-electron chi connectivity index (χ2n) is 6.38. The predicted molar refractivity (Wildman–Crippen MR) is 104 cm³/mol. The first kappa shape index (κ1) is 19.2. The number of hydrogen-bond donors (Lipinski definition) is 4. The zero-order valence-corrected chi connectivity index (χ0v) is 15.1. The van der Waals surface area contributed by atoms with Crippen molar-refractivity contribution in [3.8, 4) is 11.3 Å². The number of nitrogens with one attached hydrogen (secondary N) is 1. The number of rotatable bonds is 8. The van der Waals surface area contributed by atoms with Gasteiger partial charge in [0, 0.05) is 23.4 Å². The lowest BCUT2D eigenvalue weighted by Gasteiger charge is -2.02. The Kier molecular flexibility index (Phi) is 5.73. The van der Waals surface area contributed by atoms with E-state index in [2.05, 4.69) is 15.3 Å². The average molecular weight is 384 g/mol. The molecule has 0 bridgehead atoms. The molecule has 1 aromatic carbocycles. The fraction of sp³-hybridized carbons (Fsp3) is 0.211. The van der Waals surface area contributed by atoms with Gasteiger partial charge in [0.15, 0.2) is 5.69 Å². The highest BCUT2D eigenvalue weighted by Crippen LogP contribution is 2.27. The van der Waals surface area contributed by atoms with E-state index in [9.17, 15) is 9.18 Å².